The summed E-state index contributed by atoms with van der Waals surface area (Å²) in [6.45, 7) is 9.14. The Hall–Kier alpha value is -1.02. The summed E-state index contributed by atoms with van der Waals surface area (Å²) in [6, 6.07) is 6.19. The van der Waals surface area contributed by atoms with Gasteiger partial charge in [-0.15, -0.1) is 0 Å². The number of hydrogen-bond acceptors (Lipinski definition) is 2. The normalized spacial score (nSPS) is 24.1. The molecule has 0 saturated carbocycles. The molecule has 0 amide bonds. The zero-order chi connectivity index (χ0) is 12.7. The van der Waals surface area contributed by atoms with Gasteiger partial charge in [0.05, 0.1) is 12.2 Å². The summed E-state index contributed by atoms with van der Waals surface area (Å²) in [4.78, 5) is 0. The number of aliphatic hydroxyl groups is 1. The van der Waals surface area contributed by atoms with Crippen LogP contribution >= 0.6 is 0 Å². The van der Waals surface area contributed by atoms with Crippen LogP contribution in [0.5, 0.6) is 5.75 Å². The highest BCUT2D eigenvalue weighted by Crippen LogP contribution is 2.37. The largest absolute Gasteiger partial charge is 0.493 e. The molecule has 1 heterocycles. The van der Waals surface area contributed by atoms with Crippen molar-refractivity contribution >= 4 is 0 Å². The third kappa shape index (κ3) is 2.81. The van der Waals surface area contributed by atoms with Gasteiger partial charge in [-0.1, -0.05) is 26.8 Å². The Morgan fingerprint density at radius 1 is 1.35 bits per heavy atom. The summed E-state index contributed by atoms with van der Waals surface area (Å²) in [5.74, 6) is 0.832. The van der Waals surface area contributed by atoms with Crippen molar-refractivity contribution in [3.63, 3.8) is 0 Å². The van der Waals surface area contributed by atoms with E-state index in [1.54, 1.807) is 0 Å². The first-order valence-corrected chi connectivity index (χ1v) is 6.27. The average molecular weight is 234 g/mol. The first kappa shape index (κ1) is 12.4. The number of hydrogen-bond donors (Lipinski definition) is 1. The Morgan fingerprint density at radius 3 is 2.71 bits per heavy atom. The van der Waals surface area contributed by atoms with Gasteiger partial charge in [-0.05, 0) is 36.5 Å². The lowest BCUT2D eigenvalue weighted by Gasteiger charge is -2.32. The number of rotatable bonds is 1. The maximum atomic E-state index is 10.4. The van der Waals surface area contributed by atoms with Crippen LogP contribution in [0.15, 0.2) is 18.2 Å². The number of benzene rings is 1. The molecule has 0 spiro atoms. The molecule has 94 valence electrons. The monoisotopic (exact) mass is 234 g/mol. The van der Waals surface area contributed by atoms with E-state index < -0.39 is 5.60 Å². The van der Waals surface area contributed by atoms with Crippen molar-refractivity contribution in [2.24, 2.45) is 5.41 Å². The van der Waals surface area contributed by atoms with E-state index in [0.717, 1.165) is 17.7 Å². The van der Waals surface area contributed by atoms with Gasteiger partial charge >= 0.3 is 0 Å². The molecule has 17 heavy (non-hydrogen) atoms. The lowest BCUT2D eigenvalue weighted by Crippen LogP contribution is -2.29. The first-order chi connectivity index (χ1) is 7.78. The van der Waals surface area contributed by atoms with Crippen LogP contribution in [-0.4, -0.2) is 11.7 Å². The van der Waals surface area contributed by atoms with E-state index in [-0.39, 0.29) is 5.41 Å². The average Bonchev–Trinajstić information content (AvgIpc) is 2.16. The zero-order valence-electron chi connectivity index (χ0n) is 11.2. The highest BCUT2D eigenvalue weighted by Gasteiger charge is 2.31. The van der Waals surface area contributed by atoms with Gasteiger partial charge in [0, 0.05) is 12.0 Å². The van der Waals surface area contributed by atoms with Crippen molar-refractivity contribution in [2.75, 3.05) is 6.61 Å². The Morgan fingerprint density at radius 2 is 2.06 bits per heavy atom. The molecule has 1 aromatic carbocycles. The summed E-state index contributed by atoms with van der Waals surface area (Å²) in [6.07, 6.45) is 1.68. The second kappa shape index (κ2) is 4.02. The summed E-state index contributed by atoms with van der Waals surface area (Å²) < 4.78 is 5.58. The molecule has 2 heteroatoms. The third-order valence-electron chi connectivity index (χ3n) is 3.21. The van der Waals surface area contributed by atoms with Gasteiger partial charge in [-0.3, -0.25) is 0 Å². The lowest BCUT2D eigenvalue weighted by atomic mass is 9.84. The smallest absolute Gasteiger partial charge is 0.125 e. The molecule has 1 aliphatic rings. The minimum atomic E-state index is -0.749. The molecular formula is C15H22O2. The van der Waals surface area contributed by atoms with Gasteiger partial charge in [0.2, 0.25) is 0 Å². The number of ether oxygens (including phenoxy) is 1. The second-order valence-corrected chi connectivity index (χ2v) is 6.44. The molecule has 0 radical (unpaired) electrons. The quantitative estimate of drug-likeness (QED) is 0.808. The van der Waals surface area contributed by atoms with Crippen LogP contribution in [-0.2, 0) is 12.0 Å². The minimum Gasteiger partial charge on any atom is -0.493 e. The molecule has 0 saturated heterocycles. The maximum Gasteiger partial charge on any atom is 0.125 e. The molecule has 1 aliphatic heterocycles. The van der Waals surface area contributed by atoms with Crippen LogP contribution in [0, 0.1) is 5.41 Å². The van der Waals surface area contributed by atoms with Gasteiger partial charge in [0.25, 0.3) is 0 Å². The van der Waals surface area contributed by atoms with Crippen LogP contribution < -0.4 is 4.74 Å². The summed E-state index contributed by atoms with van der Waals surface area (Å²) in [5, 5.41) is 10.4. The van der Waals surface area contributed by atoms with E-state index >= 15 is 0 Å². The van der Waals surface area contributed by atoms with E-state index in [1.807, 2.05) is 13.0 Å². The number of fused-ring (bicyclic) bond motifs is 1. The Kier molecular flexibility index (Phi) is 2.94. The Labute approximate surface area is 104 Å². The van der Waals surface area contributed by atoms with Crippen molar-refractivity contribution < 1.29 is 9.84 Å². The van der Waals surface area contributed by atoms with Crippen molar-refractivity contribution in [2.45, 2.75) is 46.1 Å². The fourth-order valence-electron chi connectivity index (χ4n) is 2.34. The van der Waals surface area contributed by atoms with Crippen LogP contribution in [0.4, 0.5) is 0 Å². The fourth-order valence-corrected chi connectivity index (χ4v) is 2.34. The van der Waals surface area contributed by atoms with Crippen molar-refractivity contribution in [1.82, 2.24) is 0 Å². The lowest BCUT2D eigenvalue weighted by molar-refractivity contribution is 0.0145. The van der Waals surface area contributed by atoms with E-state index in [1.165, 1.54) is 5.56 Å². The SMILES string of the molecule is CC(C)(C)Cc1ccc2c(c1)C(C)(O)CCO2. The molecule has 0 bridgehead atoms. The minimum absolute atomic E-state index is 0.260. The molecule has 2 rings (SSSR count). The van der Waals surface area contributed by atoms with Crippen molar-refractivity contribution in [1.29, 1.82) is 0 Å². The van der Waals surface area contributed by atoms with Crippen LogP contribution in [0.1, 0.15) is 45.2 Å². The van der Waals surface area contributed by atoms with E-state index in [9.17, 15) is 5.11 Å². The van der Waals surface area contributed by atoms with Gasteiger partial charge < -0.3 is 9.84 Å². The molecule has 1 unspecified atom stereocenters. The van der Waals surface area contributed by atoms with E-state index in [2.05, 4.69) is 32.9 Å². The van der Waals surface area contributed by atoms with E-state index in [4.69, 9.17) is 4.74 Å². The van der Waals surface area contributed by atoms with Crippen LogP contribution in [0.25, 0.3) is 0 Å². The summed E-state index contributed by atoms with van der Waals surface area (Å²) >= 11 is 0. The van der Waals surface area contributed by atoms with Crippen LogP contribution in [0.3, 0.4) is 0 Å². The molecule has 0 aromatic heterocycles. The molecule has 1 N–H and O–H groups in total. The molecule has 0 fully saturated rings. The van der Waals surface area contributed by atoms with Gasteiger partial charge in [-0.2, -0.15) is 0 Å². The second-order valence-electron chi connectivity index (χ2n) is 6.44. The van der Waals surface area contributed by atoms with Gasteiger partial charge in [0.1, 0.15) is 5.75 Å². The standard InChI is InChI=1S/C15H22O2/c1-14(2,3)10-11-5-6-13-12(9-11)15(4,16)7-8-17-13/h5-6,9,16H,7-8,10H2,1-4H3. The Balaban J connectivity index is 2.35. The molecule has 1 atom stereocenters. The maximum absolute atomic E-state index is 10.4. The first-order valence-electron chi connectivity index (χ1n) is 6.27. The van der Waals surface area contributed by atoms with Crippen molar-refractivity contribution in [3.8, 4) is 5.75 Å². The molecule has 0 aliphatic carbocycles. The highest BCUT2D eigenvalue weighted by molar-refractivity contribution is 5.42. The van der Waals surface area contributed by atoms with Gasteiger partial charge in [0.15, 0.2) is 0 Å². The predicted molar refractivity (Wildman–Crippen MR) is 69.3 cm³/mol. The molecular weight excluding hydrogens is 212 g/mol. The van der Waals surface area contributed by atoms with Crippen LogP contribution in [0.2, 0.25) is 0 Å². The summed E-state index contributed by atoms with van der Waals surface area (Å²) in [7, 11) is 0. The molecule has 2 nitrogen and oxygen atoms in total. The zero-order valence-corrected chi connectivity index (χ0v) is 11.2. The molecule has 1 aromatic rings. The topological polar surface area (TPSA) is 29.5 Å². The van der Waals surface area contributed by atoms with Crippen molar-refractivity contribution in [3.05, 3.63) is 29.3 Å². The van der Waals surface area contributed by atoms with Gasteiger partial charge in [-0.25, -0.2) is 0 Å². The highest BCUT2D eigenvalue weighted by atomic mass is 16.5. The van der Waals surface area contributed by atoms with E-state index in [0.29, 0.717) is 13.0 Å². The predicted octanol–water partition coefficient (Wildman–Crippen LogP) is 3.27. The Bertz CT molecular complexity index is 413. The third-order valence-corrected chi connectivity index (χ3v) is 3.21. The summed E-state index contributed by atoms with van der Waals surface area (Å²) in [5.41, 5.74) is 1.71. The fraction of sp³-hybridized carbons (Fsp3) is 0.600.